The van der Waals surface area contributed by atoms with Crippen LogP contribution in [0.4, 0.5) is 0 Å². The summed E-state index contributed by atoms with van der Waals surface area (Å²) < 4.78 is 0. The first-order valence-corrected chi connectivity index (χ1v) is 29.8. The normalized spacial score (nSPS) is 16.1. The minimum absolute atomic E-state index is 0.00800. The highest BCUT2D eigenvalue weighted by molar-refractivity contribution is 7.80. The molecule has 0 spiro atoms. The number of phenolic OH excluding ortho intramolecular Hbond substituents is 2. The molecule has 484 valence electrons. The standard InChI is InChI=1S/C57H91N15O14S/c1-31(2)45(70-47(76)37(60)29-73)53(82)66-40(13-9-25-63-57(61)62)50(79)71-46(32(3)4)54(83)68-42(28-34-17-21-36(75)22-18-34)52(81)67-41(27-33-15-19-35(74)20-16-33)51(80)65-38(11-5-7-23-58)48(77)64-39(12-6-8-24-59)49(78)69-43(30-87)55(84)72-26-10-14-44(72)56(85)86/h15-22,31-32,37-46,73-75,87H,5-14,23-30,58-60H2,1-4H3,(H,64,77)(H,65,80)(H,66,82)(H,67,81)(H,68,83)(H,69,78)(H,70,76)(H,71,79)(H,85,86)(H4,61,62,63)/t37-,38-,39-,40-,41-,42-,43-,44-,45-,46-/m0/s1. The zero-order chi connectivity index (χ0) is 64.9. The number of hydrogen-bond acceptors (Lipinski definition) is 18. The Hall–Kier alpha value is -7.80. The first kappa shape index (κ1) is 73.5. The van der Waals surface area contributed by atoms with Gasteiger partial charge in [-0.1, -0.05) is 52.0 Å². The number of hydrogen-bond donors (Lipinski definition) is 18. The lowest BCUT2D eigenvalue weighted by atomic mass is 9.98. The Labute approximate surface area is 512 Å². The zero-order valence-corrected chi connectivity index (χ0v) is 50.8. The molecule has 1 aliphatic rings. The molecule has 9 amide bonds. The van der Waals surface area contributed by atoms with Crippen molar-refractivity contribution < 1.29 is 68.4 Å². The highest BCUT2D eigenvalue weighted by Crippen LogP contribution is 2.20. The van der Waals surface area contributed by atoms with Gasteiger partial charge < -0.3 is 96.5 Å². The number of rotatable bonds is 38. The number of aliphatic hydroxyl groups is 1. The first-order valence-electron chi connectivity index (χ1n) is 29.2. The second-order valence-electron chi connectivity index (χ2n) is 22.1. The largest absolute Gasteiger partial charge is 0.508 e. The van der Waals surface area contributed by atoms with Crippen LogP contribution in [0, 0.1) is 11.8 Å². The van der Waals surface area contributed by atoms with Crippen LogP contribution in [-0.2, 0) is 60.8 Å². The van der Waals surface area contributed by atoms with Crippen molar-refractivity contribution >= 4 is 77.7 Å². The molecule has 0 aromatic heterocycles. The molecule has 0 unspecified atom stereocenters. The third-order valence-electron chi connectivity index (χ3n) is 14.4. The molecule has 1 fully saturated rings. The van der Waals surface area contributed by atoms with Gasteiger partial charge in [0, 0.05) is 31.7 Å². The van der Waals surface area contributed by atoms with Crippen molar-refractivity contribution in [2.45, 2.75) is 165 Å². The number of aliphatic hydroxyl groups excluding tert-OH is 1. The van der Waals surface area contributed by atoms with Crippen molar-refractivity contribution in [2.75, 3.05) is 38.5 Å². The number of carboxylic acid groups (broad SMARTS) is 1. The van der Waals surface area contributed by atoms with Crippen LogP contribution in [0.3, 0.4) is 0 Å². The SMILES string of the molecule is CC(C)[C@H](NC(=O)[C@H](CCCN=C(N)N)NC(=O)[C@@H](NC(=O)[C@@H](N)CO)C(C)C)C(=O)N[C@@H](Cc1ccc(O)cc1)C(=O)N[C@@H](Cc1ccc(O)cc1)C(=O)N[C@@H](CCCCN)C(=O)N[C@@H](CCCCN)C(=O)N[C@@H](CS)C(=O)N1CCC[C@H]1C(=O)O. The number of aromatic hydroxyl groups is 2. The number of carbonyl (C=O) groups is 10. The number of phenols is 2. The van der Waals surface area contributed by atoms with Crippen molar-refractivity contribution in [1.29, 1.82) is 0 Å². The summed E-state index contributed by atoms with van der Waals surface area (Å²) in [5.41, 5.74) is 29.2. The van der Waals surface area contributed by atoms with Crippen molar-refractivity contribution in [3.63, 3.8) is 0 Å². The van der Waals surface area contributed by atoms with Gasteiger partial charge >= 0.3 is 5.97 Å². The van der Waals surface area contributed by atoms with Crippen molar-refractivity contribution in [2.24, 2.45) is 45.5 Å². The Morgan fingerprint density at radius 1 is 0.563 bits per heavy atom. The van der Waals surface area contributed by atoms with E-state index in [0.717, 1.165) is 0 Å². The number of likely N-dealkylation sites (tertiary alicyclic amines) is 1. The monoisotopic (exact) mass is 1240 g/mol. The highest BCUT2D eigenvalue weighted by Gasteiger charge is 2.40. The van der Waals surface area contributed by atoms with Gasteiger partial charge in [-0.05, 0) is 125 Å². The van der Waals surface area contributed by atoms with E-state index in [2.05, 4.69) is 60.2 Å². The van der Waals surface area contributed by atoms with E-state index in [1.807, 2.05) is 0 Å². The second-order valence-corrected chi connectivity index (χ2v) is 22.5. The number of nitrogens with one attached hydrogen (secondary N) is 8. The fourth-order valence-corrected chi connectivity index (χ4v) is 9.65. The minimum atomic E-state index is -1.52. The van der Waals surface area contributed by atoms with Gasteiger partial charge in [0.05, 0.1) is 6.61 Å². The van der Waals surface area contributed by atoms with Crippen molar-refractivity contribution in [3.8, 4) is 11.5 Å². The quantitative estimate of drug-likeness (QED) is 0.0136. The maximum atomic E-state index is 14.9. The molecule has 3 rings (SSSR count). The van der Waals surface area contributed by atoms with E-state index >= 15 is 0 Å². The summed E-state index contributed by atoms with van der Waals surface area (Å²) in [5, 5.41) is 60.7. The van der Waals surface area contributed by atoms with E-state index in [1.165, 1.54) is 53.4 Å². The fraction of sp³-hybridized carbons (Fsp3) is 0.596. The molecule has 0 bridgehead atoms. The summed E-state index contributed by atoms with van der Waals surface area (Å²) in [7, 11) is 0. The zero-order valence-electron chi connectivity index (χ0n) is 49.9. The van der Waals surface area contributed by atoms with E-state index in [9.17, 15) is 68.4 Å². The molecule has 1 saturated heterocycles. The van der Waals surface area contributed by atoms with E-state index < -0.39 is 138 Å². The summed E-state index contributed by atoms with van der Waals surface area (Å²) in [6.07, 6.45) is 1.83. The molecule has 0 aliphatic carbocycles. The third-order valence-corrected chi connectivity index (χ3v) is 14.8. The molecule has 1 aliphatic heterocycles. The van der Waals surface area contributed by atoms with Gasteiger partial charge in [0.25, 0.3) is 0 Å². The molecular weight excluding hydrogens is 1150 g/mol. The molecular formula is C57H91N15O14S. The van der Waals surface area contributed by atoms with Crippen LogP contribution in [0.1, 0.15) is 103 Å². The number of amides is 9. The number of aliphatic imine (C=N–C) groups is 1. The van der Waals surface area contributed by atoms with Crippen molar-refractivity contribution in [3.05, 3.63) is 59.7 Å². The minimum Gasteiger partial charge on any atom is -0.508 e. The Morgan fingerprint density at radius 3 is 1.34 bits per heavy atom. The Kier molecular flexibility index (Phi) is 31.8. The van der Waals surface area contributed by atoms with Crippen LogP contribution in [0.25, 0.3) is 0 Å². The van der Waals surface area contributed by atoms with Gasteiger partial charge in [-0.25, -0.2) is 4.79 Å². The molecule has 29 nitrogen and oxygen atoms in total. The van der Waals surface area contributed by atoms with E-state index in [4.69, 9.17) is 28.7 Å². The second kappa shape index (κ2) is 37.7. The van der Waals surface area contributed by atoms with Crippen LogP contribution in [-0.4, -0.2) is 189 Å². The number of benzene rings is 2. The average Bonchev–Trinajstić information content (AvgIpc) is 3.87. The number of nitrogens with two attached hydrogens (primary N) is 5. The maximum absolute atomic E-state index is 14.9. The summed E-state index contributed by atoms with van der Waals surface area (Å²) in [4.78, 5) is 144. The lowest BCUT2D eigenvalue weighted by Gasteiger charge is -2.30. The Balaban J connectivity index is 2.03. The van der Waals surface area contributed by atoms with Gasteiger partial charge in [-0.15, -0.1) is 0 Å². The predicted molar refractivity (Wildman–Crippen MR) is 326 cm³/mol. The topological polar surface area (TPSA) is 494 Å². The molecule has 0 saturated carbocycles. The number of aliphatic carboxylic acids is 1. The first-order chi connectivity index (χ1) is 41.2. The summed E-state index contributed by atoms with van der Waals surface area (Å²) in [5.74, 6) is -10.4. The molecule has 1 heterocycles. The van der Waals surface area contributed by atoms with Crippen LogP contribution < -0.4 is 71.2 Å². The van der Waals surface area contributed by atoms with Crippen LogP contribution >= 0.6 is 12.6 Å². The molecule has 10 atom stereocenters. The molecule has 87 heavy (non-hydrogen) atoms. The molecule has 30 heteroatoms. The number of carbonyl (C=O) groups excluding carboxylic acids is 9. The van der Waals surface area contributed by atoms with Gasteiger partial charge in [-0.3, -0.25) is 48.1 Å². The number of guanidine groups is 1. The molecule has 2 aromatic carbocycles. The molecule has 22 N–H and O–H groups in total. The van der Waals surface area contributed by atoms with E-state index in [0.29, 0.717) is 43.2 Å². The molecule has 0 radical (unpaired) electrons. The van der Waals surface area contributed by atoms with E-state index in [1.54, 1.807) is 27.7 Å². The lowest BCUT2D eigenvalue weighted by Crippen LogP contribution is -2.62. The Morgan fingerprint density at radius 2 is 0.943 bits per heavy atom. The van der Waals surface area contributed by atoms with Crippen LogP contribution in [0.2, 0.25) is 0 Å². The van der Waals surface area contributed by atoms with Crippen LogP contribution in [0.5, 0.6) is 11.5 Å². The summed E-state index contributed by atoms with van der Waals surface area (Å²) in [6, 6.07) is -1.91. The van der Waals surface area contributed by atoms with Gasteiger partial charge in [0.2, 0.25) is 53.2 Å². The van der Waals surface area contributed by atoms with Gasteiger partial charge in [0.15, 0.2) is 5.96 Å². The Bertz CT molecular complexity index is 2630. The smallest absolute Gasteiger partial charge is 0.326 e. The molecule has 2 aromatic rings. The average molecular weight is 1240 g/mol. The predicted octanol–water partition coefficient (Wildman–Crippen LogP) is -3.29. The van der Waals surface area contributed by atoms with Crippen molar-refractivity contribution in [1.82, 2.24) is 47.4 Å². The maximum Gasteiger partial charge on any atom is 0.326 e. The highest BCUT2D eigenvalue weighted by atomic mass is 32.1. The number of nitrogens with zero attached hydrogens (tertiary/aromatic N) is 2. The number of carboxylic acids is 1. The van der Waals surface area contributed by atoms with E-state index in [-0.39, 0.29) is 94.3 Å². The lowest BCUT2D eigenvalue weighted by molar-refractivity contribution is -0.149. The fourth-order valence-electron chi connectivity index (χ4n) is 9.40. The van der Waals surface area contributed by atoms with Gasteiger partial charge in [-0.2, -0.15) is 12.6 Å². The van der Waals surface area contributed by atoms with Gasteiger partial charge in [0.1, 0.15) is 71.9 Å². The number of unbranched alkanes of at least 4 members (excludes halogenated alkanes) is 2. The summed E-state index contributed by atoms with van der Waals surface area (Å²) >= 11 is 4.27. The summed E-state index contributed by atoms with van der Waals surface area (Å²) in [6.45, 7) is 6.46. The van der Waals surface area contributed by atoms with Crippen LogP contribution in [0.15, 0.2) is 53.5 Å². The number of thiol groups is 1. The third kappa shape index (κ3) is 24.8.